The van der Waals surface area contributed by atoms with Crippen LogP contribution in [0, 0.1) is 13.8 Å². The van der Waals surface area contributed by atoms with E-state index < -0.39 is 6.10 Å². The number of esters is 1. The quantitative estimate of drug-likeness (QED) is 0.185. The minimum absolute atomic E-state index is 0.149. The highest BCUT2D eigenvalue weighted by atomic mass is 32.1. The van der Waals surface area contributed by atoms with Crippen LogP contribution in [0.4, 0.5) is 0 Å². The van der Waals surface area contributed by atoms with Crippen molar-refractivity contribution in [1.82, 2.24) is 4.98 Å². The fraction of sp³-hybridized carbons (Fsp3) is 0.484. The molecule has 0 radical (unpaired) electrons. The Morgan fingerprint density at radius 1 is 1.03 bits per heavy atom. The molecule has 37 heavy (non-hydrogen) atoms. The van der Waals surface area contributed by atoms with Crippen molar-refractivity contribution in [2.75, 3.05) is 19.8 Å². The van der Waals surface area contributed by atoms with Crippen molar-refractivity contribution in [2.24, 2.45) is 0 Å². The highest BCUT2D eigenvalue weighted by Crippen LogP contribution is 2.30. The number of rotatable bonds is 12. The third kappa shape index (κ3) is 8.14. The average Bonchev–Trinajstić information content (AvgIpc) is 3.23. The van der Waals surface area contributed by atoms with Crippen LogP contribution in [0.15, 0.2) is 42.5 Å². The molecule has 3 aromatic rings. The topological polar surface area (TPSA) is 57.7 Å². The number of thiazole rings is 1. The van der Waals surface area contributed by atoms with Crippen molar-refractivity contribution >= 4 is 17.3 Å². The van der Waals surface area contributed by atoms with E-state index >= 15 is 0 Å². The Balaban J connectivity index is 1.53. The first kappa shape index (κ1) is 28.9. The Morgan fingerprint density at radius 3 is 2.38 bits per heavy atom. The summed E-state index contributed by atoms with van der Waals surface area (Å²) in [4.78, 5) is 18.4. The van der Waals surface area contributed by atoms with Crippen LogP contribution in [0.5, 0.6) is 5.75 Å². The van der Waals surface area contributed by atoms with Gasteiger partial charge in [0.15, 0.2) is 6.10 Å². The second kappa shape index (κ2) is 13.2. The van der Waals surface area contributed by atoms with Gasteiger partial charge in [0.1, 0.15) is 10.8 Å². The van der Waals surface area contributed by atoms with E-state index in [0.717, 1.165) is 40.4 Å². The van der Waals surface area contributed by atoms with Crippen molar-refractivity contribution < 1.29 is 19.0 Å². The van der Waals surface area contributed by atoms with Gasteiger partial charge in [0, 0.05) is 23.5 Å². The van der Waals surface area contributed by atoms with E-state index in [-0.39, 0.29) is 11.4 Å². The molecule has 0 aliphatic carbocycles. The van der Waals surface area contributed by atoms with Crippen molar-refractivity contribution in [3.63, 3.8) is 0 Å². The van der Waals surface area contributed by atoms with Crippen molar-refractivity contribution in [3.8, 4) is 16.3 Å². The molecule has 1 atom stereocenters. The van der Waals surface area contributed by atoms with Gasteiger partial charge in [-0.05, 0) is 74.8 Å². The normalized spacial score (nSPS) is 12.4. The van der Waals surface area contributed by atoms with Crippen LogP contribution >= 0.6 is 11.3 Å². The zero-order valence-electron chi connectivity index (χ0n) is 23.3. The van der Waals surface area contributed by atoms with Crippen LogP contribution in [0.2, 0.25) is 0 Å². The Bertz CT molecular complexity index is 1160. The molecule has 1 aromatic heterocycles. The minimum Gasteiger partial charge on any atom is -0.494 e. The van der Waals surface area contributed by atoms with Gasteiger partial charge in [0.2, 0.25) is 0 Å². The van der Waals surface area contributed by atoms with E-state index in [9.17, 15) is 4.79 Å². The predicted octanol–water partition coefficient (Wildman–Crippen LogP) is 7.25. The molecule has 200 valence electrons. The molecular weight excluding hydrogens is 482 g/mol. The number of hydrogen-bond donors (Lipinski definition) is 0. The Hall–Kier alpha value is -2.70. The molecule has 0 saturated carbocycles. The predicted molar refractivity (Wildman–Crippen MR) is 152 cm³/mol. The number of hydrogen-bond acceptors (Lipinski definition) is 6. The Morgan fingerprint density at radius 2 is 1.76 bits per heavy atom. The summed E-state index contributed by atoms with van der Waals surface area (Å²) in [6.45, 7) is 16.0. The number of ether oxygens (including phenoxy) is 3. The number of nitrogens with zero attached hydrogens (tertiary/aromatic N) is 1. The first-order valence-electron chi connectivity index (χ1n) is 13.2. The number of benzene rings is 2. The maximum absolute atomic E-state index is 12.2. The van der Waals surface area contributed by atoms with Gasteiger partial charge in [-0.2, -0.15) is 0 Å². The Kier molecular flexibility index (Phi) is 10.3. The van der Waals surface area contributed by atoms with Crippen LogP contribution in [-0.2, 0) is 32.5 Å². The zero-order chi connectivity index (χ0) is 27.0. The van der Waals surface area contributed by atoms with Crippen LogP contribution in [0.1, 0.15) is 68.3 Å². The van der Waals surface area contributed by atoms with Crippen LogP contribution < -0.4 is 4.74 Å². The number of aryl methyl sites for hydroxylation is 3. The van der Waals surface area contributed by atoms with E-state index in [4.69, 9.17) is 19.2 Å². The minimum atomic E-state index is -0.585. The molecule has 1 heterocycles. The molecule has 0 bridgehead atoms. The maximum Gasteiger partial charge on any atom is 0.335 e. The molecule has 0 fully saturated rings. The van der Waals surface area contributed by atoms with Gasteiger partial charge < -0.3 is 14.2 Å². The summed E-state index contributed by atoms with van der Waals surface area (Å²) >= 11 is 1.76. The van der Waals surface area contributed by atoms with Gasteiger partial charge >= 0.3 is 5.97 Å². The molecule has 0 spiro atoms. The first-order valence-corrected chi connectivity index (χ1v) is 14.0. The van der Waals surface area contributed by atoms with Crippen molar-refractivity contribution in [2.45, 2.75) is 79.2 Å². The zero-order valence-corrected chi connectivity index (χ0v) is 24.2. The largest absolute Gasteiger partial charge is 0.494 e. The van der Waals surface area contributed by atoms with Crippen molar-refractivity contribution in [3.05, 3.63) is 69.7 Å². The van der Waals surface area contributed by atoms with Gasteiger partial charge in [-0.25, -0.2) is 9.78 Å². The van der Waals surface area contributed by atoms with Gasteiger partial charge in [0.05, 0.1) is 18.9 Å². The number of aromatic nitrogens is 1. The SMILES string of the molecule is CCOC(=O)C(Cc1ccc(OCCCc2nc(-c3ccc(C(C)(C)C)cc3)sc2C)cc1C)OCC. The molecule has 6 heteroatoms. The van der Waals surface area contributed by atoms with Gasteiger partial charge in [-0.3, -0.25) is 0 Å². The molecule has 2 aromatic carbocycles. The third-order valence-corrected chi connectivity index (χ3v) is 7.42. The fourth-order valence-corrected chi connectivity index (χ4v) is 5.12. The van der Waals surface area contributed by atoms with E-state index in [1.807, 2.05) is 32.0 Å². The highest BCUT2D eigenvalue weighted by molar-refractivity contribution is 7.15. The molecule has 5 nitrogen and oxygen atoms in total. The molecule has 0 amide bonds. The molecule has 1 unspecified atom stereocenters. The number of carbonyl (C=O) groups is 1. The summed E-state index contributed by atoms with van der Waals surface area (Å²) in [7, 11) is 0. The van der Waals surface area contributed by atoms with E-state index in [1.54, 1.807) is 18.3 Å². The number of carbonyl (C=O) groups excluding carboxylic acids is 1. The summed E-state index contributed by atoms with van der Waals surface area (Å²) < 4.78 is 16.8. The Labute approximate surface area is 226 Å². The molecule has 3 rings (SSSR count). The highest BCUT2D eigenvalue weighted by Gasteiger charge is 2.21. The fourth-order valence-electron chi connectivity index (χ4n) is 4.16. The lowest BCUT2D eigenvalue weighted by Gasteiger charge is -2.18. The maximum atomic E-state index is 12.2. The average molecular weight is 524 g/mol. The molecular formula is C31H41NO4S. The van der Waals surface area contributed by atoms with Gasteiger partial charge in [-0.15, -0.1) is 11.3 Å². The smallest absolute Gasteiger partial charge is 0.335 e. The first-order chi connectivity index (χ1) is 17.6. The molecule has 0 aliphatic rings. The monoisotopic (exact) mass is 523 g/mol. The summed E-state index contributed by atoms with van der Waals surface area (Å²) in [5, 5.41) is 1.08. The second-order valence-corrected chi connectivity index (χ2v) is 11.5. The van der Waals surface area contributed by atoms with E-state index in [2.05, 4.69) is 52.0 Å². The van der Waals surface area contributed by atoms with E-state index in [1.165, 1.54) is 16.0 Å². The standard InChI is InChI=1S/C31H41NO4S/c1-8-34-28(30(33)35-9-2)20-24-14-17-26(19-21(24)3)36-18-10-11-27-22(4)37-29(32-27)23-12-15-25(16-13-23)31(5,6)7/h12-17,19,28H,8-11,18,20H2,1-7H3. The lowest BCUT2D eigenvalue weighted by molar-refractivity contribution is -0.156. The van der Waals surface area contributed by atoms with Crippen molar-refractivity contribution in [1.29, 1.82) is 0 Å². The summed E-state index contributed by atoms with van der Waals surface area (Å²) in [6.07, 6.45) is 1.68. The van der Waals surface area contributed by atoms with Gasteiger partial charge in [0.25, 0.3) is 0 Å². The molecule has 0 N–H and O–H groups in total. The summed E-state index contributed by atoms with van der Waals surface area (Å²) in [5.41, 5.74) is 5.93. The summed E-state index contributed by atoms with van der Waals surface area (Å²) in [5.74, 6) is 0.520. The second-order valence-electron chi connectivity index (χ2n) is 10.3. The van der Waals surface area contributed by atoms with E-state index in [0.29, 0.717) is 26.2 Å². The third-order valence-electron chi connectivity index (χ3n) is 6.35. The van der Waals surface area contributed by atoms with Crippen LogP contribution in [-0.4, -0.2) is 36.9 Å². The van der Waals surface area contributed by atoms with Crippen LogP contribution in [0.3, 0.4) is 0 Å². The summed E-state index contributed by atoms with van der Waals surface area (Å²) in [6, 6.07) is 14.8. The molecule has 0 aliphatic heterocycles. The van der Waals surface area contributed by atoms with Crippen LogP contribution in [0.25, 0.3) is 10.6 Å². The lowest BCUT2D eigenvalue weighted by Crippen LogP contribution is -2.29. The lowest BCUT2D eigenvalue weighted by atomic mass is 9.87. The van der Waals surface area contributed by atoms with Gasteiger partial charge in [-0.1, -0.05) is 51.1 Å². The molecule has 0 saturated heterocycles.